The summed E-state index contributed by atoms with van der Waals surface area (Å²) in [6.07, 6.45) is 2.54. The average molecular weight is 222 g/mol. The van der Waals surface area contributed by atoms with E-state index in [9.17, 15) is 5.11 Å². The predicted octanol–water partition coefficient (Wildman–Crippen LogP) is 1.88. The van der Waals surface area contributed by atoms with Crippen molar-refractivity contribution in [2.75, 3.05) is 20.7 Å². The number of rotatable bonds is 5. The van der Waals surface area contributed by atoms with Crippen molar-refractivity contribution in [3.8, 4) is 11.5 Å². The van der Waals surface area contributed by atoms with Gasteiger partial charge >= 0.3 is 0 Å². The van der Waals surface area contributed by atoms with Crippen LogP contribution in [0, 0.1) is 0 Å². The Bertz CT molecular complexity index is 362. The lowest BCUT2D eigenvalue weighted by atomic mass is 10.1. The molecule has 0 fully saturated rings. The second kappa shape index (κ2) is 6.00. The zero-order valence-corrected chi connectivity index (χ0v) is 9.97. The Kier molecular flexibility index (Phi) is 4.64. The minimum atomic E-state index is 0.176. The molecular formula is C12H18N2O2. The normalized spacial score (nSPS) is 10.7. The highest BCUT2D eigenvalue weighted by Crippen LogP contribution is 2.26. The van der Waals surface area contributed by atoms with Crippen molar-refractivity contribution < 1.29 is 9.84 Å². The van der Waals surface area contributed by atoms with Crippen LogP contribution in [-0.4, -0.2) is 37.0 Å². The molecule has 0 amide bonds. The van der Waals surface area contributed by atoms with E-state index in [1.54, 1.807) is 11.1 Å². The van der Waals surface area contributed by atoms with Crippen molar-refractivity contribution in [3.63, 3.8) is 0 Å². The quantitative estimate of drug-likeness (QED) is 0.611. The lowest BCUT2D eigenvalue weighted by molar-refractivity contribution is 0.318. The van der Waals surface area contributed by atoms with Crippen LogP contribution in [0.2, 0.25) is 0 Å². The van der Waals surface area contributed by atoms with Crippen molar-refractivity contribution in [2.45, 2.75) is 13.3 Å². The van der Waals surface area contributed by atoms with Gasteiger partial charge in [0.05, 0.1) is 6.61 Å². The van der Waals surface area contributed by atoms with Gasteiger partial charge in [-0.25, -0.2) is 0 Å². The van der Waals surface area contributed by atoms with Crippen molar-refractivity contribution in [1.29, 1.82) is 0 Å². The van der Waals surface area contributed by atoms with Gasteiger partial charge in [0, 0.05) is 26.7 Å². The van der Waals surface area contributed by atoms with Crippen molar-refractivity contribution in [1.82, 2.24) is 5.01 Å². The van der Waals surface area contributed by atoms with Crippen LogP contribution < -0.4 is 4.74 Å². The zero-order chi connectivity index (χ0) is 12.0. The Morgan fingerprint density at radius 3 is 2.81 bits per heavy atom. The number of phenols is 1. The van der Waals surface area contributed by atoms with Gasteiger partial charge in [-0.2, -0.15) is 5.10 Å². The first-order valence-electron chi connectivity index (χ1n) is 5.28. The summed E-state index contributed by atoms with van der Waals surface area (Å²) in [6, 6.07) is 5.34. The van der Waals surface area contributed by atoms with E-state index >= 15 is 0 Å². The molecule has 0 radical (unpaired) electrons. The van der Waals surface area contributed by atoms with Gasteiger partial charge in [-0.05, 0) is 24.6 Å². The third kappa shape index (κ3) is 3.81. The molecule has 4 heteroatoms. The molecule has 0 aliphatic carbocycles. The van der Waals surface area contributed by atoms with E-state index in [2.05, 4.69) is 5.10 Å². The maximum Gasteiger partial charge on any atom is 0.161 e. The van der Waals surface area contributed by atoms with Crippen LogP contribution in [-0.2, 0) is 6.42 Å². The Morgan fingerprint density at radius 2 is 2.19 bits per heavy atom. The molecule has 0 saturated carbocycles. The minimum Gasteiger partial charge on any atom is -0.504 e. The predicted molar refractivity (Wildman–Crippen MR) is 65.2 cm³/mol. The number of hydrogen-bond donors (Lipinski definition) is 1. The van der Waals surface area contributed by atoms with Gasteiger partial charge in [0.2, 0.25) is 0 Å². The highest BCUT2D eigenvalue weighted by Gasteiger charge is 2.02. The average Bonchev–Trinajstić information content (AvgIpc) is 2.22. The zero-order valence-electron chi connectivity index (χ0n) is 9.97. The molecule has 0 bridgehead atoms. The Labute approximate surface area is 96.2 Å². The van der Waals surface area contributed by atoms with E-state index in [1.807, 2.05) is 39.4 Å². The largest absolute Gasteiger partial charge is 0.504 e. The van der Waals surface area contributed by atoms with E-state index in [0.717, 1.165) is 12.0 Å². The standard InChI is InChI=1S/C12H18N2O2/c1-4-16-12-9-10(5-6-11(12)15)7-8-13-14(2)3/h5-6,8-9,15H,4,7H2,1-3H3. The Hall–Kier alpha value is -1.71. The molecular weight excluding hydrogens is 204 g/mol. The topological polar surface area (TPSA) is 45.1 Å². The number of benzene rings is 1. The maximum atomic E-state index is 9.51. The van der Waals surface area contributed by atoms with Crippen molar-refractivity contribution >= 4 is 6.21 Å². The number of ether oxygens (including phenoxy) is 1. The number of hydrazone groups is 1. The van der Waals surface area contributed by atoms with Crippen LogP contribution >= 0.6 is 0 Å². The second-order valence-electron chi connectivity index (χ2n) is 3.58. The molecule has 0 unspecified atom stereocenters. The minimum absolute atomic E-state index is 0.176. The molecule has 16 heavy (non-hydrogen) atoms. The third-order valence-electron chi connectivity index (χ3n) is 1.96. The molecule has 1 N–H and O–H groups in total. The lowest BCUT2D eigenvalue weighted by Crippen LogP contribution is -2.02. The maximum absolute atomic E-state index is 9.51. The molecule has 1 aromatic rings. The smallest absolute Gasteiger partial charge is 0.161 e. The first-order valence-corrected chi connectivity index (χ1v) is 5.28. The molecule has 0 atom stereocenters. The summed E-state index contributed by atoms with van der Waals surface area (Å²) < 4.78 is 5.30. The van der Waals surface area contributed by atoms with Crippen LogP contribution in [0.25, 0.3) is 0 Å². The number of phenolic OH excluding ortho intramolecular Hbond substituents is 1. The van der Waals surface area contributed by atoms with Crippen molar-refractivity contribution in [2.24, 2.45) is 5.10 Å². The van der Waals surface area contributed by atoms with Crippen LogP contribution in [0.1, 0.15) is 12.5 Å². The van der Waals surface area contributed by atoms with Gasteiger partial charge in [0.25, 0.3) is 0 Å². The molecule has 0 aliphatic heterocycles. The fourth-order valence-corrected chi connectivity index (χ4v) is 1.27. The number of hydrogen-bond acceptors (Lipinski definition) is 4. The van der Waals surface area contributed by atoms with Crippen LogP contribution in [0.15, 0.2) is 23.3 Å². The molecule has 1 aromatic carbocycles. The molecule has 0 saturated heterocycles. The molecule has 0 aliphatic rings. The van der Waals surface area contributed by atoms with Gasteiger partial charge in [0.1, 0.15) is 0 Å². The van der Waals surface area contributed by atoms with Crippen LogP contribution in [0.3, 0.4) is 0 Å². The summed E-state index contributed by atoms with van der Waals surface area (Å²) in [5.41, 5.74) is 1.06. The van der Waals surface area contributed by atoms with Gasteiger partial charge in [0.15, 0.2) is 11.5 Å². The highest BCUT2D eigenvalue weighted by atomic mass is 16.5. The van der Waals surface area contributed by atoms with Gasteiger partial charge in [-0.1, -0.05) is 6.07 Å². The summed E-state index contributed by atoms with van der Waals surface area (Å²) >= 11 is 0. The fourth-order valence-electron chi connectivity index (χ4n) is 1.27. The van der Waals surface area contributed by atoms with E-state index in [1.165, 1.54) is 0 Å². The summed E-state index contributed by atoms with van der Waals surface area (Å²) in [5.74, 6) is 0.702. The SMILES string of the molecule is CCOc1cc(CC=NN(C)C)ccc1O. The summed E-state index contributed by atoms with van der Waals surface area (Å²) in [6.45, 7) is 2.43. The van der Waals surface area contributed by atoms with Crippen LogP contribution in [0.5, 0.6) is 11.5 Å². The van der Waals surface area contributed by atoms with E-state index in [0.29, 0.717) is 12.4 Å². The van der Waals surface area contributed by atoms with E-state index in [-0.39, 0.29) is 5.75 Å². The van der Waals surface area contributed by atoms with Crippen molar-refractivity contribution in [3.05, 3.63) is 23.8 Å². The van der Waals surface area contributed by atoms with E-state index < -0.39 is 0 Å². The van der Waals surface area contributed by atoms with Crippen LogP contribution in [0.4, 0.5) is 0 Å². The third-order valence-corrected chi connectivity index (χ3v) is 1.96. The molecule has 88 valence electrons. The molecule has 1 rings (SSSR count). The Morgan fingerprint density at radius 1 is 1.44 bits per heavy atom. The first kappa shape index (κ1) is 12.4. The monoisotopic (exact) mass is 222 g/mol. The lowest BCUT2D eigenvalue weighted by Gasteiger charge is -2.07. The van der Waals surface area contributed by atoms with Gasteiger partial charge in [-0.15, -0.1) is 0 Å². The molecule has 0 heterocycles. The second-order valence-corrected chi connectivity index (χ2v) is 3.58. The molecule has 4 nitrogen and oxygen atoms in total. The fraction of sp³-hybridized carbons (Fsp3) is 0.417. The Balaban J connectivity index is 2.70. The number of aromatic hydroxyl groups is 1. The highest BCUT2D eigenvalue weighted by molar-refractivity contribution is 5.62. The summed E-state index contributed by atoms with van der Waals surface area (Å²) in [5, 5.41) is 15.4. The van der Waals surface area contributed by atoms with E-state index in [4.69, 9.17) is 4.74 Å². The summed E-state index contributed by atoms with van der Waals surface area (Å²) in [7, 11) is 3.75. The summed E-state index contributed by atoms with van der Waals surface area (Å²) in [4.78, 5) is 0. The number of nitrogens with zero attached hydrogens (tertiary/aromatic N) is 2. The molecule has 0 aromatic heterocycles. The first-order chi connectivity index (χ1) is 7.63. The van der Waals surface area contributed by atoms with Gasteiger partial charge in [-0.3, -0.25) is 0 Å². The molecule has 0 spiro atoms. The van der Waals surface area contributed by atoms with Gasteiger partial charge < -0.3 is 14.9 Å².